The summed E-state index contributed by atoms with van der Waals surface area (Å²) in [5, 5.41) is 3.77. The van der Waals surface area contributed by atoms with Crippen molar-refractivity contribution in [3.8, 4) is 0 Å². The van der Waals surface area contributed by atoms with Crippen molar-refractivity contribution >= 4 is 50.2 Å². The molecule has 0 saturated carbocycles. The van der Waals surface area contributed by atoms with Crippen molar-refractivity contribution < 1.29 is 14.3 Å². The second kappa shape index (κ2) is 7.85. The van der Waals surface area contributed by atoms with Crippen molar-refractivity contribution in [2.45, 2.75) is 20.3 Å². The fourth-order valence-corrected chi connectivity index (χ4v) is 3.73. The van der Waals surface area contributed by atoms with Gasteiger partial charge in [0.25, 0.3) is 5.91 Å². The van der Waals surface area contributed by atoms with Gasteiger partial charge in [-0.25, -0.2) is 4.98 Å². The first kappa shape index (κ1) is 18.4. The van der Waals surface area contributed by atoms with Crippen LogP contribution < -0.4 is 5.32 Å². The van der Waals surface area contributed by atoms with Crippen LogP contribution in [0.15, 0.2) is 36.4 Å². The highest BCUT2D eigenvalue weighted by Gasteiger charge is 2.12. The summed E-state index contributed by atoms with van der Waals surface area (Å²) in [6.07, 6.45) is 0.0874. The molecule has 0 unspecified atom stereocenters. The highest BCUT2D eigenvalue weighted by atomic mass is 35.5. The molecule has 0 radical (unpaired) electrons. The molecule has 7 heteroatoms. The molecule has 0 fully saturated rings. The number of nitrogens with zero attached hydrogens (tertiary/aromatic N) is 1. The third-order valence-corrected chi connectivity index (χ3v) is 4.87. The molecule has 1 N–H and O–H groups in total. The average Bonchev–Trinajstić information content (AvgIpc) is 2.98. The van der Waals surface area contributed by atoms with Crippen molar-refractivity contribution in [3.05, 3.63) is 58.1 Å². The molecule has 0 bridgehead atoms. The summed E-state index contributed by atoms with van der Waals surface area (Å²) in [6.45, 7) is 3.66. The van der Waals surface area contributed by atoms with Crippen LogP contribution >= 0.6 is 22.9 Å². The summed E-state index contributed by atoms with van der Waals surface area (Å²) in [5.41, 5.74) is 3.85. The number of hydrogen-bond donors (Lipinski definition) is 1. The molecule has 0 saturated heterocycles. The van der Waals surface area contributed by atoms with Crippen LogP contribution in [0.25, 0.3) is 10.2 Å². The van der Waals surface area contributed by atoms with E-state index in [4.69, 9.17) is 16.3 Å². The van der Waals surface area contributed by atoms with Gasteiger partial charge in [0.1, 0.15) is 0 Å². The molecular formula is C19H17ClN2O3S. The smallest absolute Gasteiger partial charge is 0.310 e. The average molecular weight is 389 g/mol. The van der Waals surface area contributed by atoms with Crippen LogP contribution in [0.3, 0.4) is 0 Å². The number of carbonyl (C=O) groups is 2. The Balaban J connectivity index is 1.54. The molecule has 1 amide bonds. The Morgan fingerprint density at radius 1 is 1.19 bits per heavy atom. The molecule has 1 heterocycles. The van der Waals surface area contributed by atoms with Crippen molar-refractivity contribution in [1.82, 2.24) is 4.98 Å². The zero-order valence-electron chi connectivity index (χ0n) is 14.3. The van der Waals surface area contributed by atoms with Gasteiger partial charge in [0.15, 0.2) is 11.7 Å². The number of ether oxygens (including phenoxy) is 1. The van der Waals surface area contributed by atoms with E-state index in [1.54, 1.807) is 24.3 Å². The largest absolute Gasteiger partial charge is 0.455 e. The number of halogens is 1. The van der Waals surface area contributed by atoms with Crippen molar-refractivity contribution in [1.29, 1.82) is 0 Å². The Morgan fingerprint density at radius 3 is 2.65 bits per heavy atom. The predicted octanol–water partition coefficient (Wildman–Crippen LogP) is 4.29. The van der Waals surface area contributed by atoms with Gasteiger partial charge in [-0.1, -0.05) is 41.1 Å². The number of hydrogen-bond acceptors (Lipinski definition) is 5. The number of rotatable bonds is 5. The molecule has 0 atom stereocenters. The lowest BCUT2D eigenvalue weighted by Gasteiger charge is -2.05. The number of benzene rings is 2. The first-order valence-electron chi connectivity index (χ1n) is 7.98. The number of nitrogens with one attached hydrogen (secondary N) is 1. The van der Waals surface area contributed by atoms with Gasteiger partial charge in [-0.15, -0.1) is 0 Å². The fourth-order valence-electron chi connectivity index (χ4n) is 2.55. The maximum absolute atomic E-state index is 12.0. The van der Waals surface area contributed by atoms with Crippen LogP contribution in [0.2, 0.25) is 5.02 Å². The minimum absolute atomic E-state index is 0.0874. The van der Waals surface area contributed by atoms with Crippen molar-refractivity contribution in [2.24, 2.45) is 0 Å². The maximum atomic E-state index is 12.0. The van der Waals surface area contributed by atoms with E-state index >= 15 is 0 Å². The van der Waals surface area contributed by atoms with E-state index in [1.807, 2.05) is 26.0 Å². The normalized spacial score (nSPS) is 10.7. The molecule has 0 aliphatic rings. The summed E-state index contributed by atoms with van der Waals surface area (Å²) in [4.78, 5) is 28.3. The summed E-state index contributed by atoms with van der Waals surface area (Å²) in [6, 6.07) is 11.0. The fraction of sp³-hybridized carbons (Fsp3) is 0.211. The van der Waals surface area contributed by atoms with Gasteiger partial charge >= 0.3 is 5.97 Å². The van der Waals surface area contributed by atoms with Gasteiger partial charge < -0.3 is 4.74 Å². The number of thiazole rings is 1. The second-order valence-corrected chi connectivity index (χ2v) is 7.43. The summed E-state index contributed by atoms with van der Waals surface area (Å²) >= 11 is 7.20. The molecule has 1 aromatic heterocycles. The minimum Gasteiger partial charge on any atom is -0.455 e. The van der Waals surface area contributed by atoms with Crippen LogP contribution in [-0.2, 0) is 20.7 Å². The first-order valence-corrected chi connectivity index (χ1v) is 9.18. The van der Waals surface area contributed by atoms with E-state index < -0.39 is 11.9 Å². The van der Waals surface area contributed by atoms with Crippen molar-refractivity contribution in [3.63, 3.8) is 0 Å². The van der Waals surface area contributed by atoms with E-state index in [0.717, 1.165) is 26.9 Å². The molecule has 0 aliphatic heterocycles. The minimum atomic E-state index is -0.474. The third-order valence-electron chi connectivity index (χ3n) is 3.70. The van der Waals surface area contributed by atoms with Gasteiger partial charge in [0.2, 0.25) is 0 Å². The molecule has 3 rings (SSSR count). The second-order valence-electron chi connectivity index (χ2n) is 5.96. The standard InChI is InChI=1S/C19H17ClN2O3S/c1-11-7-12(2)18-15(8-11)26-19(22-18)21-16(23)10-25-17(24)9-13-3-5-14(20)6-4-13/h3-8H,9-10H2,1-2H3,(H,21,22,23). The zero-order valence-corrected chi connectivity index (χ0v) is 15.9. The van der Waals surface area contributed by atoms with Crippen LogP contribution in [0, 0.1) is 13.8 Å². The van der Waals surface area contributed by atoms with E-state index in [-0.39, 0.29) is 13.0 Å². The molecule has 0 spiro atoms. The number of fused-ring (bicyclic) bond motifs is 1. The topological polar surface area (TPSA) is 68.3 Å². The Morgan fingerprint density at radius 2 is 1.92 bits per heavy atom. The Labute approximate surface area is 160 Å². The third kappa shape index (κ3) is 4.59. The SMILES string of the molecule is Cc1cc(C)c2nc(NC(=O)COC(=O)Cc3ccc(Cl)cc3)sc2c1. The number of aryl methyl sites for hydroxylation is 2. The van der Waals surface area contributed by atoms with E-state index in [2.05, 4.69) is 10.3 Å². The van der Waals surface area contributed by atoms with Gasteiger partial charge in [0.05, 0.1) is 16.6 Å². The zero-order chi connectivity index (χ0) is 18.7. The number of anilines is 1. The molecular weight excluding hydrogens is 372 g/mol. The monoisotopic (exact) mass is 388 g/mol. The number of aromatic nitrogens is 1. The highest BCUT2D eigenvalue weighted by molar-refractivity contribution is 7.22. The van der Waals surface area contributed by atoms with Gasteiger partial charge in [-0.05, 0) is 48.7 Å². The van der Waals surface area contributed by atoms with Crippen molar-refractivity contribution in [2.75, 3.05) is 11.9 Å². The Kier molecular flexibility index (Phi) is 5.54. The first-order chi connectivity index (χ1) is 12.4. The van der Waals surface area contributed by atoms with Gasteiger partial charge in [0, 0.05) is 5.02 Å². The quantitative estimate of drug-likeness (QED) is 0.662. The van der Waals surface area contributed by atoms with E-state index in [1.165, 1.54) is 11.3 Å². The number of carbonyl (C=O) groups excluding carboxylic acids is 2. The van der Waals surface area contributed by atoms with E-state index in [9.17, 15) is 9.59 Å². The molecule has 26 heavy (non-hydrogen) atoms. The summed E-state index contributed by atoms with van der Waals surface area (Å²) in [5.74, 6) is -0.888. The maximum Gasteiger partial charge on any atom is 0.310 e. The lowest BCUT2D eigenvalue weighted by Crippen LogP contribution is -2.21. The Hall–Kier alpha value is -2.44. The lowest BCUT2D eigenvalue weighted by atomic mass is 10.1. The molecule has 3 aromatic rings. The highest BCUT2D eigenvalue weighted by Crippen LogP contribution is 2.29. The number of esters is 1. The lowest BCUT2D eigenvalue weighted by molar-refractivity contribution is -0.146. The van der Waals surface area contributed by atoms with Crippen LogP contribution in [-0.4, -0.2) is 23.5 Å². The van der Waals surface area contributed by atoms with Crippen LogP contribution in [0.5, 0.6) is 0 Å². The van der Waals surface area contributed by atoms with E-state index in [0.29, 0.717) is 10.2 Å². The van der Waals surface area contributed by atoms with Crippen LogP contribution in [0.1, 0.15) is 16.7 Å². The van der Waals surface area contributed by atoms with Gasteiger partial charge in [-0.3, -0.25) is 14.9 Å². The Bertz CT molecular complexity index is 967. The summed E-state index contributed by atoms with van der Waals surface area (Å²) in [7, 11) is 0. The number of amides is 1. The predicted molar refractivity (Wildman–Crippen MR) is 104 cm³/mol. The molecule has 134 valence electrons. The van der Waals surface area contributed by atoms with Gasteiger partial charge in [-0.2, -0.15) is 0 Å². The molecule has 5 nitrogen and oxygen atoms in total. The summed E-state index contributed by atoms with van der Waals surface area (Å²) < 4.78 is 6.03. The molecule has 2 aromatic carbocycles. The van der Waals surface area contributed by atoms with Crippen LogP contribution in [0.4, 0.5) is 5.13 Å². The molecule has 0 aliphatic carbocycles.